The highest BCUT2D eigenvalue weighted by Crippen LogP contribution is 2.14. The number of hydrogen-bond acceptors (Lipinski definition) is 1. The largest absolute Gasteiger partial charge is 0.344 e. The van der Waals surface area contributed by atoms with E-state index in [4.69, 9.17) is 0 Å². The monoisotopic (exact) mass is 225 g/mol. The highest BCUT2D eigenvalue weighted by Gasteiger charge is 2.17. The van der Waals surface area contributed by atoms with E-state index in [1.165, 1.54) is 6.42 Å². The fourth-order valence-corrected chi connectivity index (χ4v) is 1.62. The van der Waals surface area contributed by atoms with E-state index >= 15 is 0 Å². The smallest absolute Gasteiger partial charge is 0.209 e. The van der Waals surface area contributed by atoms with E-state index in [1.54, 1.807) is 0 Å². The third kappa shape index (κ3) is 1.34. The maximum atomic E-state index is 10.1. The predicted molar refractivity (Wildman–Crippen MR) is 40.1 cm³/mol. The Bertz CT molecular complexity index is 96.4. The summed E-state index contributed by atoms with van der Waals surface area (Å²) < 4.78 is 0.692. The van der Waals surface area contributed by atoms with Gasteiger partial charge in [-0.2, -0.15) is 0 Å². The standard InChI is InChI=1S/C5H8INO/c6-5-1-2-7(3-5)4-8/h4-5H,1-3H2/t5-/m1/s1. The van der Waals surface area contributed by atoms with Crippen molar-refractivity contribution in [2.75, 3.05) is 13.1 Å². The SMILES string of the molecule is O=CN1CC[C@@H](I)C1. The molecule has 0 aliphatic carbocycles. The number of rotatable bonds is 1. The van der Waals surface area contributed by atoms with Gasteiger partial charge in [0.1, 0.15) is 0 Å². The molecule has 1 aliphatic rings. The normalized spacial score (nSPS) is 28.6. The van der Waals surface area contributed by atoms with Gasteiger partial charge in [-0.15, -0.1) is 0 Å². The van der Waals surface area contributed by atoms with Gasteiger partial charge in [-0.05, 0) is 6.42 Å². The number of carbonyl (C=O) groups is 1. The number of halogens is 1. The molecule has 0 radical (unpaired) electrons. The zero-order valence-corrected chi connectivity index (χ0v) is 6.67. The van der Waals surface area contributed by atoms with Gasteiger partial charge < -0.3 is 4.90 Å². The van der Waals surface area contributed by atoms with Crippen LogP contribution in [0.3, 0.4) is 0 Å². The summed E-state index contributed by atoms with van der Waals surface area (Å²) in [6.07, 6.45) is 2.10. The molecule has 46 valence electrons. The summed E-state index contributed by atoms with van der Waals surface area (Å²) in [5.41, 5.74) is 0. The van der Waals surface area contributed by atoms with Gasteiger partial charge in [0, 0.05) is 17.0 Å². The van der Waals surface area contributed by atoms with Crippen molar-refractivity contribution in [3.8, 4) is 0 Å². The van der Waals surface area contributed by atoms with Crippen molar-refractivity contribution in [2.24, 2.45) is 0 Å². The molecule has 0 spiro atoms. The van der Waals surface area contributed by atoms with Gasteiger partial charge in [0.05, 0.1) is 0 Å². The Morgan fingerprint density at radius 3 is 2.75 bits per heavy atom. The zero-order chi connectivity index (χ0) is 5.98. The number of alkyl halides is 1. The summed E-state index contributed by atoms with van der Waals surface area (Å²) in [5, 5.41) is 0. The Balaban J connectivity index is 2.32. The van der Waals surface area contributed by atoms with Crippen LogP contribution < -0.4 is 0 Å². The van der Waals surface area contributed by atoms with Crippen molar-refractivity contribution in [1.29, 1.82) is 0 Å². The Morgan fingerprint density at radius 1 is 1.75 bits per heavy atom. The third-order valence-corrected chi connectivity index (χ3v) is 2.33. The number of nitrogens with zero attached hydrogens (tertiary/aromatic N) is 1. The van der Waals surface area contributed by atoms with Gasteiger partial charge in [-0.25, -0.2) is 0 Å². The first-order valence-corrected chi connectivity index (χ1v) is 3.91. The van der Waals surface area contributed by atoms with Crippen molar-refractivity contribution in [3.63, 3.8) is 0 Å². The first-order valence-electron chi connectivity index (χ1n) is 2.66. The Morgan fingerprint density at radius 2 is 2.50 bits per heavy atom. The molecule has 0 aromatic heterocycles. The fraction of sp³-hybridized carbons (Fsp3) is 0.800. The molecule has 1 rings (SSSR count). The predicted octanol–water partition coefficient (Wildman–Crippen LogP) is 0.652. The van der Waals surface area contributed by atoms with Crippen LogP contribution in [0.4, 0.5) is 0 Å². The number of amides is 1. The van der Waals surface area contributed by atoms with Crippen LogP contribution in [0.5, 0.6) is 0 Å². The molecule has 1 fully saturated rings. The Kier molecular flexibility index (Phi) is 2.10. The molecule has 3 heteroatoms. The van der Waals surface area contributed by atoms with Gasteiger partial charge in [0.25, 0.3) is 0 Å². The second-order valence-electron chi connectivity index (χ2n) is 1.99. The maximum absolute atomic E-state index is 10.1. The summed E-state index contributed by atoms with van der Waals surface area (Å²) in [6, 6.07) is 0. The molecule has 0 aromatic carbocycles. The van der Waals surface area contributed by atoms with Crippen LogP contribution in [-0.4, -0.2) is 28.3 Å². The molecule has 0 N–H and O–H groups in total. The van der Waals surface area contributed by atoms with E-state index in [9.17, 15) is 4.79 Å². The highest BCUT2D eigenvalue weighted by atomic mass is 127. The first-order chi connectivity index (χ1) is 3.83. The van der Waals surface area contributed by atoms with E-state index in [0.29, 0.717) is 3.92 Å². The van der Waals surface area contributed by atoms with Crippen LogP contribution >= 0.6 is 22.6 Å². The first kappa shape index (κ1) is 6.32. The summed E-state index contributed by atoms with van der Waals surface area (Å²) >= 11 is 2.37. The molecule has 1 atom stereocenters. The minimum Gasteiger partial charge on any atom is -0.344 e. The summed E-state index contributed by atoms with van der Waals surface area (Å²) in [6.45, 7) is 1.90. The lowest BCUT2D eigenvalue weighted by molar-refractivity contribution is -0.117. The number of carbonyl (C=O) groups excluding carboxylic acids is 1. The van der Waals surface area contributed by atoms with E-state index < -0.39 is 0 Å². The molecule has 8 heavy (non-hydrogen) atoms. The van der Waals surface area contributed by atoms with Gasteiger partial charge >= 0.3 is 0 Å². The lowest BCUT2D eigenvalue weighted by Crippen LogP contribution is -2.17. The lowest BCUT2D eigenvalue weighted by Gasteiger charge is -2.04. The van der Waals surface area contributed by atoms with E-state index in [2.05, 4.69) is 22.6 Å². The van der Waals surface area contributed by atoms with Crippen molar-refractivity contribution in [2.45, 2.75) is 10.3 Å². The highest BCUT2D eigenvalue weighted by molar-refractivity contribution is 14.1. The van der Waals surface area contributed by atoms with E-state index in [-0.39, 0.29) is 0 Å². The summed E-state index contributed by atoms with van der Waals surface area (Å²) in [4.78, 5) is 11.9. The lowest BCUT2D eigenvalue weighted by atomic mass is 10.4. The zero-order valence-electron chi connectivity index (χ0n) is 4.51. The summed E-state index contributed by atoms with van der Waals surface area (Å²) in [7, 11) is 0. The molecule has 0 bridgehead atoms. The van der Waals surface area contributed by atoms with Crippen molar-refractivity contribution in [1.82, 2.24) is 4.90 Å². The molecule has 1 aliphatic heterocycles. The third-order valence-electron chi connectivity index (χ3n) is 1.31. The van der Waals surface area contributed by atoms with Crippen LogP contribution in [0.15, 0.2) is 0 Å². The average molecular weight is 225 g/mol. The quantitative estimate of drug-likeness (QED) is 0.364. The molecule has 1 saturated heterocycles. The number of likely N-dealkylation sites (tertiary alicyclic amines) is 1. The van der Waals surface area contributed by atoms with Crippen LogP contribution in [0, 0.1) is 0 Å². The van der Waals surface area contributed by atoms with Crippen molar-refractivity contribution in [3.05, 3.63) is 0 Å². The molecule has 2 nitrogen and oxygen atoms in total. The van der Waals surface area contributed by atoms with Gasteiger partial charge in [-0.1, -0.05) is 22.6 Å². The minimum absolute atomic E-state index is 0.692. The molecule has 1 heterocycles. The average Bonchev–Trinajstić information content (AvgIpc) is 2.14. The molecule has 1 amide bonds. The molecule has 0 unspecified atom stereocenters. The molecular weight excluding hydrogens is 217 g/mol. The summed E-state index contributed by atoms with van der Waals surface area (Å²) in [5.74, 6) is 0. The van der Waals surface area contributed by atoms with Gasteiger partial charge in [0.2, 0.25) is 6.41 Å². The second-order valence-corrected chi connectivity index (χ2v) is 3.75. The minimum atomic E-state index is 0.692. The van der Waals surface area contributed by atoms with E-state index in [1.807, 2.05) is 4.90 Å². The van der Waals surface area contributed by atoms with Crippen molar-refractivity contribution < 1.29 is 4.79 Å². The second kappa shape index (κ2) is 2.66. The van der Waals surface area contributed by atoms with Crippen LogP contribution in [0.2, 0.25) is 0 Å². The van der Waals surface area contributed by atoms with Crippen LogP contribution in [0.25, 0.3) is 0 Å². The topological polar surface area (TPSA) is 20.3 Å². The molecule has 0 saturated carbocycles. The maximum Gasteiger partial charge on any atom is 0.209 e. The fourth-order valence-electron chi connectivity index (χ4n) is 0.839. The van der Waals surface area contributed by atoms with Crippen molar-refractivity contribution >= 4 is 29.0 Å². The molecular formula is C5H8INO. The Hall–Kier alpha value is 0.200. The van der Waals surface area contributed by atoms with Crippen LogP contribution in [-0.2, 0) is 4.79 Å². The number of hydrogen-bond donors (Lipinski definition) is 0. The van der Waals surface area contributed by atoms with Gasteiger partial charge in [-0.3, -0.25) is 4.79 Å². The Labute approximate surface area is 62.4 Å². The molecule has 0 aromatic rings. The van der Waals surface area contributed by atoms with Crippen LogP contribution in [0.1, 0.15) is 6.42 Å². The van der Waals surface area contributed by atoms with E-state index in [0.717, 1.165) is 19.5 Å². The van der Waals surface area contributed by atoms with Gasteiger partial charge in [0.15, 0.2) is 0 Å².